The van der Waals surface area contributed by atoms with Crippen molar-refractivity contribution in [3.8, 4) is 0 Å². The van der Waals surface area contributed by atoms with Crippen LogP contribution in [0.1, 0.15) is 27.2 Å². The minimum absolute atomic E-state index is 0.523. The number of nitrogens with one attached hydrogen (secondary N) is 1. The Hall–Kier alpha value is -1.05. The molecule has 1 N–H and O–H groups in total. The summed E-state index contributed by atoms with van der Waals surface area (Å²) in [6.45, 7) is 6.65. The summed E-state index contributed by atoms with van der Waals surface area (Å²) >= 11 is 0. The first-order chi connectivity index (χ1) is 6.24. The lowest BCUT2D eigenvalue weighted by Gasteiger charge is -2.20. The van der Waals surface area contributed by atoms with E-state index in [1.165, 1.54) is 0 Å². The second kappa shape index (κ2) is 4.85. The lowest BCUT2D eigenvalue weighted by molar-refractivity contribution is 0.510. The van der Waals surface area contributed by atoms with Crippen LogP contribution in [-0.2, 0) is 0 Å². The predicted octanol–water partition coefficient (Wildman–Crippen LogP) is 2.93. The van der Waals surface area contributed by atoms with Crippen molar-refractivity contribution in [3.63, 3.8) is 0 Å². The Kier molecular flexibility index (Phi) is 3.74. The van der Waals surface area contributed by atoms with Crippen LogP contribution in [0.25, 0.3) is 0 Å². The molecule has 2 heteroatoms. The number of rotatable bonds is 4. The maximum Gasteiger partial charge on any atom is 0.126 e. The van der Waals surface area contributed by atoms with Gasteiger partial charge in [-0.15, -0.1) is 0 Å². The van der Waals surface area contributed by atoms with Gasteiger partial charge in [-0.3, -0.25) is 0 Å². The monoisotopic (exact) mass is 178 g/mol. The zero-order valence-corrected chi connectivity index (χ0v) is 8.62. The number of hydrogen-bond acceptors (Lipinski definition) is 2. The van der Waals surface area contributed by atoms with Gasteiger partial charge in [-0.2, -0.15) is 0 Å². The topological polar surface area (TPSA) is 24.9 Å². The molecule has 1 atom stereocenters. The Morgan fingerprint density at radius 2 is 2.15 bits per heavy atom. The number of nitrogens with zero attached hydrogens (tertiary/aromatic N) is 1. The molecule has 0 aliphatic rings. The summed E-state index contributed by atoms with van der Waals surface area (Å²) in [6.07, 6.45) is 2.95. The van der Waals surface area contributed by atoms with Crippen molar-refractivity contribution in [2.24, 2.45) is 5.92 Å². The van der Waals surface area contributed by atoms with Gasteiger partial charge in [0.25, 0.3) is 0 Å². The molecular formula is C11H18N2. The van der Waals surface area contributed by atoms with Crippen LogP contribution < -0.4 is 5.32 Å². The summed E-state index contributed by atoms with van der Waals surface area (Å²) in [7, 11) is 0. The van der Waals surface area contributed by atoms with Gasteiger partial charge in [-0.1, -0.05) is 26.8 Å². The molecule has 0 bridgehead atoms. The van der Waals surface area contributed by atoms with E-state index in [-0.39, 0.29) is 0 Å². The van der Waals surface area contributed by atoms with E-state index in [0.29, 0.717) is 12.0 Å². The third-order valence-electron chi connectivity index (χ3n) is 2.24. The fourth-order valence-electron chi connectivity index (χ4n) is 1.38. The molecule has 1 rings (SSSR count). The fourth-order valence-corrected chi connectivity index (χ4v) is 1.38. The van der Waals surface area contributed by atoms with Crippen molar-refractivity contribution in [3.05, 3.63) is 24.4 Å². The predicted molar refractivity (Wildman–Crippen MR) is 56.8 cm³/mol. The molecule has 1 aromatic rings. The first-order valence-corrected chi connectivity index (χ1v) is 4.91. The zero-order valence-electron chi connectivity index (χ0n) is 8.62. The molecule has 0 fully saturated rings. The minimum Gasteiger partial charge on any atom is -0.367 e. The SMILES string of the molecule is CCC(Nc1ccccn1)C(C)C. The third-order valence-corrected chi connectivity index (χ3v) is 2.24. The standard InChI is InChI=1S/C11H18N2/c1-4-10(9(2)3)13-11-7-5-6-8-12-11/h5-10H,4H2,1-3H3,(H,12,13). The van der Waals surface area contributed by atoms with Gasteiger partial charge >= 0.3 is 0 Å². The Morgan fingerprint density at radius 1 is 1.38 bits per heavy atom. The summed E-state index contributed by atoms with van der Waals surface area (Å²) in [5, 5.41) is 3.42. The van der Waals surface area contributed by atoms with Gasteiger partial charge in [0.1, 0.15) is 5.82 Å². The normalized spacial score (nSPS) is 12.9. The summed E-state index contributed by atoms with van der Waals surface area (Å²) in [5.74, 6) is 1.62. The lowest BCUT2D eigenvalue weighted by Crippen LogP contribution is -2.24. The van der Waals surface area contributed by atoms with Gasteiger partial charge in [0.15, 0.2) is 0 Å². The molecule has 0 aliphatic heterocycles. The van der Waals surface area contributed by atoms with E-state index in [9.17, 15) is 0 Å². The van der Waals surface area contributed by atoms with Crippen molar-refractivity contribution in [2.75, 3.05) is 5.32 Å². The molecule has 0 aliphatic carbocycles. The van der Waals surface area contributed by atoms with Crippen molar-refractivity contribution in [1.29, 1.82) is 0 Å². The van der Waals surface area contributed by atoms with Gasteiger partial charge in [0.2, 0.25) is 0 Å². The first kappa shape index (κ1) is 10.0. The molecule has 0 saturated carbocycles. The van der Waals surface area contributed by atoms with Crippen LogP contribution in [0.5, 0.6) is 0 Å². The molecule has 72 valence electrons. The van der Waals surface area contributed by atoms with Crippen LogP contribution in [0, 0.1) is 5.92 Å². The Labute approximate surface area is 80.4 Å². The van der Waals surface area contributed by atoms with Crippen molar-refractivity contribution in [2.45, 2.75) is 33.2 Å². The number of pyridine rings is 1. The smallest absolute Gasteiger partial charge is 0.126 e. The summed E-state index contributed by atoms with van der Waals surface area (Å²) < 4.78 is 0. The molecular weight excluding hydrogens is 160 g/mol. The van der Waals surface area contributed by atoms with E-state index in [1.807, 2.05) is 24.4 Å². The summed E-state index contributed by atoms with van der Waals surface area (Å²) in [4.78, 5) is 4.24. The van der Waals surface area contributed by atoms with E-state index >= 15 is 0 Å². The van der Waals surface area contributed by atoms with Gasteiger partial charge in [0.05, 0.1) is 0 Å². The highest BCUT2D eigenvalue weighted by molar-refractivity contribution is 5.34. The molecule has 0 spiro atoms. The van der Waals surface area contributed by atoms with Crippen LogP contribution >= 0.6 is 0 Å². The van der Waals surface area contributed by atoms with Gasteiger partial charge in [-0.25, -0.2) is 4.98 Å². The molecule has 2 nitrogen and oxygen atoms in total. The van der Waals surface area contributed by atoms with Crippen molar-refractivity contribution in [1.82, 2.24) is 4.98 Å². The van der Waals surface area contributed by atoms with E-state index < -0.39 is 0 Å². The van der Waals surface area contributed by atoms with Crippen LogP contribution in [0.3, 0.4) is 0 Å². The summed E-state index contributed by atoms with van der Waals surface area (Å²) in [6, 6.07) is 6.46. The van der Waals surface area contributed by atoms with Crippen molar-refractivity contribution >= 4 is 5.82 Å². The van der Waals surface area contributed by atoms with Crippen LogP contribution in [0.4, 0.5) is 5.82 Å². The van der Waals surface area contributed by atoms with E-state index in [2.05, 4.69) is 31.1 Å². The fraction of sp³-hybridized carbons (Fsp3) is 0.545. The molecule has 0 amide bonds. The number of anilines is 1. The molecule has 0 radical (unpaired) electrons. The quantitative estimate of drug-likeness (QED) is 0.766. The second-order valence-electron chi connectivity index (χ2n) is 3.62. The van der Waals surface area contributed by atoms with E-state index in [0.717, 1.165) is 12.2 Å². The number of hydrogen-bond donors (Lipinski definition) is 1. The highest BCUT2D eigenvalue weighted by Crippen LogP contribution is 2.11. The average Bonchev–Trinajstić information content (AvgIpc) is 2.15. The second-order valence-corrected chi connectivity index (χ2v) is 3.62. The van der Waals surface area contributed by atoms with E-state index in [1.54, 1.807) is 0 Å². The van der Waals surface area contributed by atoms with Crippen LogP contribution in [0.15, 0.2) is 24.4 Å². The van der Waals surface area contributed by atoms with Crippen LogP contribution in [0.2, 0.25) is 0 Å². The molecule has 0 saturated heterocycles. The zero-order chi connectivity index (χ0) is 9.68. The first-order valence-electron chi connectivity index (χ1n) is 4.91. The van der Waals surface area contributed by atoms with E-state index in [4.69, 9.17) is 0 Å². The Bertz CT molecular complexity index is 231. The minimum atomic E-state index is 0.523. The summed E-state index contributed by atoms with van der Waals surface area (Å²) in [5.41, 5.74) is 0. The molecule has 1 aromatic heterocycles. The Morgan fingerprint density at radius 3 is 2.62 bits per heavy atom. The largest absolute Gasteiger partial charge is 0.367 e. The average molecular weight is 178 g/mol. The van der Waals surface area contributed by atoms with Gasteiger partial charge in [0, 0.05) is 12.2 Å². The molecule has 13 heavy (non-hydrogen) atoms. The molecule has 1 heterocycles. The maximum absolute atomic E-state index is 4.24. The molecule has 1 unspecified atom stereocenters. The van der Waals surface area contributed by atoms with Crippen LogP contribution in [-0.4, -0.2) is 11.0 Å². The maximum atomic E-state index is 4.24. The molecule has 0 aromatic carbocycles. The van der Waals surface area contributed by atoms with Gasteiger partial charge in [-0.05, 0) is 24.5 Å². The van der Waals surface area contributed by atoms with Crippen molar-refractivity contribution < 1.29 is 0 Å². The lowest BCUT2D eigenvalue weighted by atomic mass is 10.0. The highest BCUT2D eigenvalue weighted by Gasteiger charge is 2.10. The van der Waals surface area contributed by atoms with Gasteiger partial charge < -0.3 is 5.32 Å². The Balaban J connectivity index is 2.57. The third kappa shape index (κ3) is 3.05. The highest BCUT2D eigenvalue weighted by atomic mass is 15.0. The number of aromatic nitrogens is 1.